The Morgan fingerprint density at radius 3 is 2.77 bits per heavy atom. The monoisotopic (exact) mass is 184 g/mol. The van der Waals surface area contributed by atoms with Crippen molar-refractivity contribution in [1.29, 1.82) is 0 Å². The van der Waals surface area contributed by atoms with Crippen LogP contribution in [0.2, 0.25) is 6.32 Å². The molecule has 1 amide bonds. The molecule has 0 fully saturated rings. The first-order chi connectivity index (χ1) is 6.26. The van der Waals surface area contributed by atoms with E-state index in [0.717, 1.165) is 19.4 Å². The summed E-state index contributed by atoms with van der Waals surface area (Å²) in [7, 11) is 1.80. The molecule has 5 heteroatoms. The fraction of sp³-hybridized carbons (Fsp3) is 0.750. The zero-order valence-electron chi connectivity index (χ0n) is 8.38. The predicted octanol–water partition coefficient (Wildman–Crippen LogP) is -1.33. The minimum absolute atomic E-state index is 0.0324. The molecular formula is C8H17BN2O2. The van der Waals surface area contributed by atoms with Crippen LogP contribution in [0, 0.1) is 0 Å². The van der Waals surface area contributed by atoms with Gasteiger partial charge in [0.25, 0.3) is 0 Å². The average molecular weight is 184 g/mol. The number of nitrogens with zero attached hydrogens (tertiary/aromatic N) is 1. The molecule has 74 valence electrons. The van der Waals surface area contributed by atoms with Gasteiger partial charge in [-0.15, -0.1) is 0 Å². The van der Waals surface area contributed by atoms with E-state index in [4.69, 9.17) is 0 Å². The number of carbonyl (C=O) groups excluding carboxylic acids is 2. The van der Waals surface area contributed by atoms with Gasteiger partial charge in [-0.2, -0.15) is 0 Å². The van der Waals surface area contributed by atoms with Crippen molar-refractivity contribution >= 4 is 20.0 Å². The summed E-state index contributed by atoms with van der Waals surface area (Å²) in [6, 6.07) is 0. The van der Waals surface area contributed by atoms with Gasteiger partial charge in [-0.3, -0.25) is 4.79 Å². The Hall–Kier alpha value is -0.835. The molecule has 0 aromatic rings. The number of carbonyl (C=O) groups is 2. The molecule has 0 spiro atoms. The Morgan fingerprint density at radius 2 is 2.31 bits per heavy atom. The smallest absolute Gasteiger partial charge is 0.215 e. The van der Waals surface area contributed by atoms with Crippen molar-refractivity contribution in [3.63, 3.8) is 0 Å². The zero-order chi connectivity index (χ0) is 10.1. The lowest BCUT2D eigenvalue weighted by Crippen LogP contribution is -2.37. The van der Waals surface area contributed by atoms with Gasteiger partial charge >= 0.3 is 0 Å². The van der Waals surface area contributed by atoms with Crippen molar-refractivity contribution in [1.82, 2.24) is 10.2 Å². The first-order valence-corrected chi connectivity index (χ1v) is 4.68. The Kier molecular flexibility index (Phi) is 7.29. The Bertz CT molecular complexity index is 164. The number of rotatable bonds is 7. The van der Waals surface area contributed by atoms with Crippen LogP contribution in [-0.2, 0) is 9.59 Å². The number of amides is 1. The van der Waals surface area contributed by atoms with Crippen molar-refractivity contribution in [2.24, 2.45) is 0 Å². The highest BCUT2D eigenvalue weighted by molar-refractivity contribution is 6.19. The van der Waals surface area contributed by atoms with Gasteiger partial charge in [-0.1, -0.05) is 6.92 Å². The first-order valence-electron chi connectivity index (χ1n) is 4.68. The lowest BCUT2D eigenvalue weighted by Gasteiger charge is -2.19. The summed E-state index contributed by atoms with van der Waals surface area (Å²) in [5.74, 6) is 0.0324. The van der Waals surface area contributed by atoms with Gasteiger partial charge in [-0.05, 0) is 12.9 Å². The third-order valence-corrected chi connectivity index (χ3v) is 1.76. The second kappa shape index (κ2) is 7.80. The van der Waals surface area contributed by atoms with Crippen LogP contribution < -0.4 is 5.32 Å². The lowest BCUT2D eigenvalue weighted by atomic mass is 10.0. The van der Waals surface area contributed by atoms with Crippen LogP contribution in [0.1, 0.15) is 6.92 Å². The van der Waals surface area contributed by atoms with Gasteiger partial charge in [0, 0.05) is 13.1 Å². The van der Waals surface area contributed by atoms with E-state index in [-0.39, 0.29) is 12.5 Å². The Labute approximate surface area is 80.1 Å². The molecule has 0 atom stereocenters. The molecule has 0 rings (SSSR count). The van der Waals surface area contributed by atoms with E-state index in [1.165, 1.54) is 0 Å². The van der Waals surface area contributed by atoms with Crippen LogP contribution in [0.4, 0.5) is 0 Å². The Balaban J connectivity index is 3.79. The molecule has 4 nitrogen and oxygen atoms in total. The van der Waals surface area contributed by atoms with Gasteiger partial charge in [0.2, 0.25) is 5.91 Å². The van der Waals surface area contributed by atoms with Gasteiger partial charge in [-0.25, -0.2) is 0 Å². The van der Waals surface area contributed by atoms with Crippen LogP contribution in [0.25, 0.3) is 0 Å². The Morgan fingerprint density at radius 1 is 1.62 bits per heavy atom. The van der Waals surface area contributed by atoms with E-state index in [1.807, 2.05) is 6.92 Å². The fourth-order valence-electron chi connectivity index (χ4n) is 1.02. The van der Waals surface area contributed by atoms with E-state index in [1.54, 1.807) is 12.7 Å². The van der Waals surface area contributed by atoms with Gasteiger partial charge < -0.3 is 15.0 Å². The molecule has 0 aliphatic heterocycles. The van der Waals surface area contributed by atoms with Crippen LogP contribution in [0.5, 0.6) is 0 Å². The number of aldehydes is 1. The summed E-state index contributed by atoms with van der Waals surface area (Å²) < 4.78 is 0. The zero-order valence-corrected chi connectivity index (χ0v) is 8.38. The molecule has 0 aliphatic carbocycles. The standard InChI is InChI=1S/C8H17BN2O2/c1-2-10-3-4-11(5-6-12)8(13)7-9/h6,10H,2-5,7,9H2,1H3. The number of hydrogen-bond acceptors (Lipinski definition) is 3. The van der Waals surface area contributed by atoms with Crippen molar-refractivity contribution in [2.75, 3.05) is 26.2 Å². The van der Waals surface area contributed by atoms with Gasteiger partial charge in [0.05, 0.1) is 6.54 Å². The maximum atomic E-state index is 11.2. The minimum atomic E-state index is 0.0324. The van der Waals surface area contributed by atoms with Crippen LogP contribution in [-0.4, -0.2) is 51.1 Å². The van der Waals surface area contributed by atoms with Crippen LogP contribution >= 0.6 is 0 Å². The molecular weight excluding hydrogens is 167 g/mol. The first kappa shape index (κ1) is 12.2. The van der Waals surface area contributed by atoms with Crippen molar-refractivity contribution in [2.45, 2.75) is 13.2 Å². The molecule has 0 aliphatic rings. The quantitative estimate of drug-likeness (QED) is 0.303. The normalized spacial score (nSPS) is 9.62. The molecule has 1 N–H and O–H groups in total. The SMILES string of the molecule is BCC(=O)N(CC=O)CCNCC. The average Bonchev–Trinajstić information content (AvgIpc) is 2.16. The maximum absolute atomic E-state index is 11.2. The molecule has 0 radical (unpaired) electrons. The summed E-state index contributed by atoms with van der Waals surface area (Å²) in [5, 5.41) is 3.11. The van der Waals surface area contributed by atoms with Gasteiger partial charge in [0.1, 0.15) is 14.1 Å². The number of nitrogens with one attached hydrogen (secondary N) is 1. The minimum Gasteiger partial charge on any atom is -0.335 e. The molecule has 0 unspecified atom stereocenters. The highest BCUT2D eigenvalue weighted by Crippen LogP contribution is 1.90. The van der Waals surface area contributed by atoms with E-state index in [2.05, 4.69) is 5.32 Å². The van der Waals surface area contributed by atoms with Crippen LogP contribution in [0.15, 0.2) is 0 Å². The summed E-state index contributed by atoms with van der Waals surface area (Å²) in [6.07, 6.45) is 1.22. The largest absolute Gasteiger partial charge is 0.335 e. The van der Waals surface area contributed by atoms with E-state index < -0.39 is 0 Å². The molecule has 0 bridgehead atoms. The summed E-state index contributed by atoms with van der Waals surface area (Å²) in [6.45, 7) is 4.45. The second-order valence-corrected chi connectivity index (χ2v) is 2.71. The van der Waals surface area contributed by atoms with Crippen molar-refractivity contribution in [3.05, 3.63) is 0 Å². The summed E-state index contributed by atoms with van der Waals surface area (Å²) in [5.41, 5.74) is 0. The topological polar surface area (TPSA) is 49.4 Å². The van der Waals surface area contributed by atoms with E-state index in [9.17, 15) is 9.59 Å². The highest BCUT2D eigenvalue weighted by Gasteiger charge is 2.08. The fourth-order valence-corrected chi connectivity index (χ4v) is 1.02. The second-order valence-electron chi connectivity index (χ2n) is 2.71. The molecule has 0 aromatic heterocycles. The van der Waals surface area contributed by atoms with Gasteiger partial charge in [0.15, 0.2) is 0 Å². The third kappa shape index (κ3) is 5.41. The summed E-state index contributed by atoms with van der Waals surface area (Å²) >= 11 is 0. The van der Waals surface area contributed by atoms with E-state index in [0.29, 0.717) is 12.9 Å². The molecule has 0 heterocycles. The molecule has 0 aromatic carbocycles. The van der Waals surface area contributed by atoms with Crippen LogP contribution in [0.3, 0.4) is 0 Å². The number of likely N-dealkylation sites (N-methyl/N-ethyl adjacent to an activating group) is 1. The maximum Gasteiger partial charge on any atom is 0.215 e. The highest BCUT2D eigenvalue weighted by atomic mass is 16.2. The van der Waals surface area contributed by atoms with Crippen molar-refractivity contribution < 1.29 is 9.59 Å². The predicted molar refractivity (Wildman–Crippen MR) is 54.5 cm³/mol. The van der Waals surface area contributed by atoms with E-state index >= 15 is 0 Å². The number of hydrogen-bond donors (Lipinski definition) is 1. The molecule has 0 saturated heterocycles. The van der Waals surface area contributed by atoms with Crippen molar-refractivity contribution in [3.8, 4) is 0 Å². The molecule has 0 saturated carbocycles. The molecule has 13 heavy (non-hydrogen) atoms. The lowest BCUT2D eigenvalue weighted by molar-refractivity contribution is -0.130. The summed E-state index contributed by atoms with van der Waals surface area (Å²) in [4.78, 5) is 23.1. The third-order valence-electron chi connectivity index (χ3n) is 1.76.